The highest BCUT2D eigenvalue weighted by molar-refractivity contribution is 5.14. The standard InChI is InChI=1S/C9F19NO/c10-1(11,2(12,13)4(16,17)6(19,20)21)3(14,15)5(18)7(22,23)29(28)8(24,25)9(26,27)30-5. The van der Waals surface area contributed by atoms with Crippen molar-refractivity contribution in [3.05, 3.63) is 0 Å². The van der Waals surface area contributed by atoms with Crippen LogP contribution in [-0.2, 0) is 4.74 Å². The van der Waals surface area contributed by atoms with Gasteiger partial charge in [0.15, 0.2) is 0 Å². The molecule has 2 nitrogen and oxygen atoms in total. The van der Waals surface area contributed by atoms with Crippen molar-refractivity contribution in [2.24, 2.45) is 0 Å². The topological polar surface area (TPSA) is 12.5 Å². The van der Waals surface area contributed by atoms with Crippen molar-refractivity contribution in [3.8, 4) is 0 Å². The van der Waals surface area contributed by atoms with Gasteiger partial charge in [-0.25, -0.2) is 0 Å². The van der Waals surface area contributed by atoms with Crippen LogP contribution in [0.25, 0.3) is 0 Å². The number of morpholine rings is 1. The predicted octanol–water partition coefficient (Wildman–Crippen LogP) is 5.75. The van der Waals surface area contributed by atoms with Crippen molar-refractivity contribution in [3.63, 3.8) is 0 Å². The number of nitrogens with zero attached hydrogens (tertiary/aromatic N) is 1. The fourth-order valence-corrected chi connectivity index (χ4v) is 1.74. The lowest BCUT2D eigenvalue weighted by Gasteiger charge is -2.50. The van der Waals surface area contributed by atoms with Crippen LogP contribution in [0.5, 0.6) is 0 Å². The van der Waals surface area contributed by atoms with Gasteiger partial charge in [-0.2, -0.15) is 79.0 Å². The van der Waals surface area contributed by atoms with Gasteiger partial charge >= 0.3 is 53.9 Å². The average Bonchev–Trinajstić information content (AvgIpc) is 2.50. The molecule has 1 saturated heterocycles. The van der Waals surface area contributed by atoms with E-state index in [2.05, 4.69) is 0 Å². The summed E-state index contributed by atoms with van der Waals surface area (Å²) in [5.74, 6) is -42.4. The minimum absolute atomic E-state index is 1.44. The summed E-state index contributed by atoms with van der Waals surface area (Å²) in [6, 6.07) is -15.0. The smallest absolute Gasteiger partial charge is 0.264 e. The second kappa shape index (κ2) is 6.09. The van der Waals surface area contributed by atoms with E-state index < -0.39 is 59.0 Å². The van der Waals surface area contributed by atoms with E-state index in [4.69, 9.17) is 0 Å². The van der Waals surface area contributed by atoms with Crippen LogP contribution in [0.3, 0.4) is 0 Å². The maximum absolute atomic E-state index is 13.8. The lowest BCUT2D eigenvalue weighted by atomic mass is 9.91. The molecule has 180 valence electrons. The molecule has 1 heterocycles. The number of rotatable bonds is 4. The van der Waals surface area contributed by atoms with Crippen LogP contribution in [0.15, 0.2) is 0 Å². The van der Waals surface area contributed by atoms with Gasteiger partial charge < -0.3 is 0 Å². The molecule has 1 aliphatic rings. The van der Waals surface area contributed by atoms with Gasteiger partial charge in [0.05, 0.1) is 0 Å². The van der Waals surface area contributed by atoms with Crippen molar-refractivity contribution in [2.75, 3.05) is 0 Å². The van der Waals surface area contributed by atoms with Crippen molar-refractivity contribution in [1.82, 2.24) is 5.12 Å². The molecule has 0 aromatic carbocycles. The Kier molecular flexibility index (Phi) is 5.41. The molecule has 0 radical (unpaired) electrons. The van der Waals surface area contributed by atoms with Crippen molar-refractivity contribution in [2.45, 2.75) is 53.9 Å². The van der Waals surface area contributed by atoms with Gasteiger partial charge in [-0.15, -0.1) is 4.48 Å². The number of hydrogen-bond donors (Lipinski definition) is 0. The first-order valence-corrected chi connectivity index (χ1v) is 6.18. The van der Waals surface area contributed by atoms with E-state index in [0.717, 1.165) is 0 Å². The second-order valence-electron chi connectivity index (χ2n) is 5.37. The molecule has 0 aliphatic carbocycles. The molecule has 0 bridgehead atoms. The lowest BCUT2D eigenvalue weighted by Crippen LogP contribution is -2.81. The van der Waals surface area contributed by atoms with Crippen LogP contribution < -0.4 is 0 Å². The monoisotopic (exact) mass is 499 g/mol. The summed E-state index contributed by atoms with van der Waals surface area (Å²) in [6.45, 7) is 0. The Morgan fingerprint density at radius 2 is 0.900 bits per heavy atom. The maximum Gasteiger partial charge on any atom is 0.460 e. The maximum atomic E-state index is 13.8. The first-order valence-electron chi connectivity index (χ1n) is 6.18. The number of alkyl halides is 18. The normalized spacial score (nSPS) is 28.5. The molecule has 1 atom stereocenters. The van der Waals surface area contributed by atoms with Crippen molar-refractivity contribution in [1.29, 1.82) is 0 Å². The van der Waals surface area contributed by atoms with Crippen LogP contribution in [0.1, 0.15) is 0 Å². The third kappa shape index (κ3) is 2.75. The molecule has 1 rings (SSSR count). The Balaban J connectivity index is 3.80. The molecule has 0 N–H and O–H groups in total. The molecule has 0 aromatic rings. The summed E-state index contributed by atoms with van der Waals surface area (Å²) in [5.41, 5.74) is 0. The zero-order valence-electron chi connectivity index (χ0n) is 12.5. The fourth-order valence-electron chi connectivity index (χ4n) is 1.74. The molecule has 1 aliphatic heterocycles. The number of ether oxygens (including phenoxy) is 1. The van der Waals surface area contributed by atoms with Gasteiger partial charge in [0, 0.05) is 0 Å². The molecule has 21 heteroatoms. The van der Waals surface area contributed by atoms with E-state index in [1.165, 1.54) is 4.74 Å². The summed E-state index contributed by atoms with van der Waals surface area (Å²) in [6.07, 6.45) is -15.2. The minimum Gasteiger partial charge on any atom is -0.264 e. The quantitative estimate of drug-likeness (QED) is 0.278. The predicted molar refractivity (Wildman–Crippen MR) is 48.6 cm³/mol. The van der Waals surface area contributed by atoms with Crippen LogP contribution in [-0.4, -0.2) is 59.0 Å². The Bertz CT molecular complexity index is 680. The van der Waals surface area contributed by atoms with Crippen LogP contribution in [0.4, 0.5) is 83.5 Å². The minimum atomic E-state index is -8.75. The number of hydrogen-bond acceptors (Lipinski definition) is 2. The summed E-state index contributed by atoms with van der Waals surface area (Å²) in [4.78, 5) is 0. The van der Waals surface area contributed by atoms with Crippen molar-refractivity contribution < 1.29 is 88.2 Å². The Morgan fingerprint density at radius 1 is 0.533 bits per heavy atom. The fraction of sp³-hybridized carbons (Fsp3) is 1.00. The molecule has 1 fully saturated rings. The number of halogens is 19. The highest BCUT2D eigenvalue weighted by atomic mass is 19.4. The van der Waals surface area contributed by atoms with Gasteiger partial charge in [0.1, 0.15) is 0 Å². The van der Waals surface area contributed by atoms with Crippen molar-refractivity contribution >= 4 is 0 Å². The Labute approximate surface area is 149 Å². The van der Waals surface area contributed by atoms with Gasteiger partial charge in [-0.05, 0) is 5.12 Å². The van der Waals surface area contributed by atoms with E-state index in [9.17, 15) is 83.5 Å². The molecule has 0 amide bonds. The second-order valence-corrected chi connectivity index (χ2v) is 5.37. The summed E-state index contributed by atoms with van der Waals surface area (Å²) >= 11 is 0. The largest absolute Gasteiger partial charge is 0.460 e. The van der Waals surface area contributed by atoms with Gasteiger partial charge in [0.2, 0.25) is 0 Å². The third-order valence-corrected chi connectivity index (χ3v) is 3.44. The highest BCUT2D eigenvalue weighted by Gasteiger charge is 2.97. The first-order chi connectivity index (χ1) is 12.6. The Morgan fingerprint density at radius 3 is 1.23 bits per heavy atom. The van der Waals surface area contributed by atoms with E-state index >= 15 is 0 Å². The lowest BCUT2D eigenvalue weighted by molar-refractivity contribution is -0.598. The summed E-state index contributed by atoms with van der Waals surface area (Å²) in [5, 5.41) is -4.19. The molecular formula is C9F19NO. The zero-order valence-corrected chi connectivity index (χ0v) is 12.5. The van der Waals surface area contributed by atoms with E-state index in [1.807, 2.05) is 0 Å². The molecule has 30 heavy (non-hydrogen) atoms. The van der Waals surface area contributed by atoms with Gasteiger partial charge in [0.25, 0.3) is 0 Å². The van der Waals surface area contributed by atoms with Crippen LogP contribution >= 0.6 is 0 Å². The van der Waals surface area contributed by atoms with Gasteiger partial charge in [-0.3, -0.25) is 4.74 Å². The van der Waals surface area contributed by atoms with E-state index in [0.29, 0.717) is 0 Å². The molecule has 1 unspecified atom stereocenters. The molecule has 0 spiro atoms. The average molecular weight is 499 g/mol. The molecule has 0 saturated carbocycles. The SMILES string of the molecule is FN1C(F)(F)C(F)(F)OC(F)(C(F)(F)C(F)(F)C(F)(F)C(F)(F)C(F)(F)F)C1(F)F. The van der Waals surface area contributed by atoms with E-state index in [1.54, 1.807) is 0 Å². The summed E-state index contributed by atoms with van der Waals surface area (Å²) < 4.78 is 245. The van der Waals surface area contributed by atoms with Crippen LogP contribution in [0, 0.1) is 0 Å². The molecular weight excluding hydrogens is 499 g/mol. The summed E-state index contributed by atoms with van der Waals surface area (Å²) in [7, 11) is 0. The van der Waals surface area contributed by atoms with Crippen LogP contribution in [0.2, 0.25) is 0 Å². The first kappa shape index (κ1) is 26.6. The zero-order chi connectivity index (χ0) is 24.8. The Hall–Kier alpha value is -1.41. The highest BCUT2D eigenvalue weighted by Crippen LogP contribution is 2.66. The van der Waals surface area contributed by atoms with E-state index in [-0.39, 0.29) is 0 Å². The third-order valence-electron chi connectivity index (χ3n) is 3.44. The van der Waals surface area contributed by atoms with Gasteiger partial charge in [-0.1, -0.05) is 0 Å². The molecule has 0 aromatic heterocycles.